The summed E-state index contributed by atoms with van der Waals surface area (Å²) in [6.45, 7) is 6.34. The number of hydrogen-bond donors (Lipinski definition) is 0. The molecule has 0 bridgehead atoms. The summed E-state index contributed by atoms with van der Waals surface area (Å²) < 4.78 is 23.5. The fraction of sp³-hybridized carbons (Fsp3) is 0.545. The van der Waals surface area contributed by atoms with E-state index in [0.29, 0.717) is 32.3 Å². The molecule has 168 valence electrons. The Hall–Kier alpha value is -2.62. The summed E-state index contributed by atoms with van der Waals surface area (Å²) in [5, 5.41) is 0. The van der Waals surface area contributed by atoms with Crippen LogP contribution in [0, 0.1) is 0 Å². The maximum absolute atomic E-state index is 12.4. The Morgan fingerprint density at radius 3 is 2.58 bits per heavy atom. The molecule has 1 aromatic heterocycles. The largest absolute Gasteiger partial charge is 0.497 e. The minimum atomic E-state index is -0.325. The third-order valence-corrected chi connectivity index (χ3v) is 5.65. The van der Waals surface area contributed by atoms with E-state index < -0.39 is 0 Å². The van der Waals surface area contributed by atoms with Gasteiger partial charge in [0.15, 0.2) is 0 Å². The standard InChI is InChI=1S/C22H30N4O5/c1-24-21(13-20(23-22(24)27)31-16-19-15-29-11-12-30-19)26-9-7-25(8-10-26)14-17-3-5-18(28-2)6-4-17/h3-6,13,19H,7-12,14-16H2,1-2H3/t19-/m1/s1. The molecule has 4 rings (SSSR count). The molecule has 3 heterocycles. The molecule has 2 aliphatic rings. The van der Waals surface area contributed by atoms with Crippen molar-refractivity contribution < 1.29 is 18.9 Å². The van der Waals surface area contributed by atoms with Crippen LogP contribution < -0.4 is 20.1 Å². The molecule has 9 heteroatoms. The highest BCUT2D eigenvalue weighted by atomic mass is 16.6. The zero-order chi connectivity index (χ0) is 21.6. The molecular weight excluding hydrogens is 400 g/mol. The van der Waals surface area contributed by atoms with Gasteiger partial charge in [0.25, 0.3) is 0 Å². The number of piperazine rings is 1. The molecule has 2 fully saturated rings. The summed E-state index contributed by atoms with van der Waals surface area (Å²) in [6, 6.07) is 10.0. The molecule has 0 radical (unpaired) electrons. The Morgan fingerprint density at radius 1 is 1.13 bits per heavy atom. The van der Waals surface area contributed by atoms with Gasteiger partial charge in [-0.05, 0) is 17.7 Å². The van der Waals surface area contributed by atoms with Crippen molar-refractivity contribution in [2.24, 2.45) is 7.05 Å². The van der Waals surface area contributed by atoms with Crippen LogP contribution in [-0.2, 0) is 23.1 Å². The Kier molecular flexibility index (Phi) is 7.06. The molecule has 0 unspecified atom stereocenters. The second-order valence-corrected chi connectivity index (χ2v) is 7.78. The molecule has 0 saturated carbocycles. The normalized spacial score (nSPS) is 19.9. The lowest BCUT2D eigenvalue weighted by Gasteiger charge is -2.36. The number of rotatable bonds is 7. The monoisotopic (exact) mass is 430 g/mol. The first-order valence-electron chi connectivity index (χ1n) is 10.6. The van der Waals surface area contributed by atoms with Gasteiger partial charge >= 0.3 is 5.69 Å². The Balaban J connectivity index is 1.35. The van der Waals surface area contributed by atoms with Crippen LogP contribution in [0.3, 0.4) is 0 Å². The molecule has 2 saturated heterocycles. The van der Waals surface area contributed by atoms with Gasteiger partial charge in [-0.2, -0.15) is 4.98 Å². The van der Waals surface area contributed by atoms with Gasteiger partial charge in [-0.15, -0.1) is 0 Å². The van der Waals surface area contributed by atoms with Crippen LogP contribution in [0.1, 0.15) is 5.56 Å². The zero-order valence-corrected chi connectivity index (χ0v) is 18.2. The second-order valence-electron chi connectivity index (χ2n) is 7.78. The number of ether oxygens (including phenoxy) is 4. The SMILES string of the molecule is COc1ccc(CN2CCN(c3cc(OC[C@H]4COCCO4)nc(=O)n3C)CC2)cc1. The van der Waals surface area contributed by atoms with Gasteiger partial charge in [0, 0.05) is 45.8 Å². The van der Waals surface area contributed by atoms with Crippen molar-refractivity contribution in [2.45, 2.75) is 12.6 Å². The fourth-order valence-electron chi connectivity index (χ4n) is 3.82. The van der Waals surface area contributed by atoms with E-state index in [1.54, 1.807) is 18.7 Å². The lowest BCUT2D eigenvalue weighted by atomic mass is 10.2. The van der Waals surface area contributed by atoms with Gasteiger partial charge < -0.3 is 23.8 Å². The first-order chi connectivity index (χ1) is 15.1. The van der Waals surface area contributed by atoms with E-state index in [0.717, 1.165) is 44.3 Å². The van der Waals surface area contributed by atoms with E-state index >= 15 is 0 Å². The van der Waals surface area contributed by atoms with Crippen molar-refractivity contribution in [1.29, 1.82) is 0 Å². The molecule has 2 aliphatic heterocycles. The zero-order valence-electron chi connectivity index (χ0n) is 18.2. The summed E-state index contributed by atoms with van der Waals surface area (Å²) in [4.78, 5) is 21.0. The smallest absolute Gasteiger partial charge is 0.352 e. The van der Waals surface area contributed by atoms with Crippen LogP contribution >= 0.6 is 0 Å². The average Bonchev–Trinajstić information content (AvgIpc) is 2.81. The first kappa shape index (κ1) is 21.6. The van der Waals surface area contributed by atoms with Crippen LogP contribution in [0.15, 0.2) is 35.1 Å². The van der Waals surface area contributed by atoms with Crippen molar-refractivity contribution in [2.75, 3.05) is 64.6 Å². The van der Waals surface area contributed by atoms with Crippen molar-refractivity contribution in [3.8, 4) is 11.6 Å². The lowest BCUT2D eigenvalue weighted by Crippen LogP contribution is -2.47. The number of nitrogens with zero attached hydrogens (tertiary/aromatic N) is 4. The lowest BCUT2D eigenvalue weighted by molar-refractivity contribution is -0.102. The van der Waals surface area contributed by atoms with Crippen LogP contribution in [0.25, 0.3) is 0 Å². The quantitative estimate of drug-likeness (QED) is 0.641. The molecule has 1 aromatic carbocycles. The highest BCUT2D eigenvalue weighted by molar-refractivity contribution is 5.43. The van der Waals surface area contributed by atoms with Crippen molar-refractivity contribution in [3.05, 3.63) is 46.4 Å². The molecule has 0 spiro atoms. The van der Waals surface area contributed by atoms with E-state index in [1.165, 1.54) is 5.56 Å². The van der Waals surface area contributed by atoms with E-state index in [-0.39, 0.29) is 11.8 Å². The summed E-state index contributed by atoms with van der Waals surface area (Å²) in [5.41, 5.74) is 0.934. The molecule has 0 N–H and O–H groups in total. The van der Waals surface area contributed by atoms with Crippen molar-refractivity contribution in [1.82, 2.24) is 14.5 Å². The number of anilines is 1. The molecular formula is C22H30N4O5. The predicted molar refractivity (Wildman–Crippen MR) is 116 cm³/mol. The van der Waals surface area contributed by atoms with Gasteiger partial charge in [0.2, 0.25) is 5.88 Å². The molecule has 0 aliphatic carbocycles. The third kappa shape index (κ3) is 5.55. The van der Waals surface area contributed by atoms with Crippen LogP contribution in [0.2, 0.25) is 0 Å². The van der Waals surface area contributed by atoms with Gasteiger partial charge in [-0.1, -0.05) is 12.1 Å². The molecule has 0 amide bonds. The van der Waals surface area contributed by atoms with Crippen molar-refractivity contribution >= 4 is 5.82 Å². The number of aromatic nitrogens is 2. The van der Waals surface area contributed by atoms with Gasteiger partial charge in [0.1, 0.15) is 24.3 Å². The summed E-state index contributed by atoms with van der Waals surface area (Å²) in [7, 11) is 3.42. The summed E-state index contributed by atoms with van der Waals surface area (Å²) in [5.74, 6) is 2.01. The van der Waals surface area contributed by atoms with Crippen LogP contribution in [0.4, 0.5) is 5.82 Å². The maximum atomic E-state index is 12.4. The van der Waals surface area contributed by atoms with E-state index in [1.807, 2.05) is 18.2 Å². The number of methoxy groups -OCH3 is 1. The number of hydrogen-bond acceptors (Lipinski definition) is 8. The Bertz CT molecular complexity index is 903. The van der Waals surface area contributed by atoms with Crippen LogP contribution in [0.5, 0.6) is 11.6 Å². The first-order valence-corrected chi connectivity index (χ1v) is 10.6. The van der Waals surface area contributed by atoms with Crippen LogP contribution in [-0.4, -0.2) is 80.3 Å². The molecule has 2 aromatic rings. The minimum absolute atomic E-state index is 0.135. The minimum Gasteiger partial charge on any atom is -0.497 e. The average molecular weight is 431 g/mol. The van der Waals surface area contributed by atoms with Gasteiger partial charge in [0.05, 0.1) is 26.9 Å². The van der Waals surface area contributed by atoms with E-state index in [4.69, 9.17) is 18.9 Å². The third-order valence-electron chi connectivity index (χ3n) is 5.65. The highest BCUT2D eigenvalue weighted by Crippen LogP contribution is 2.20. The van der Waals surface area contributed by atoms with Gasteiger partial charge in [-0.3, -0.25) is 9.47 Å². The molecule has 1 atom stereocenters. The summed E-state index contributed by atoms with van der Waals surface area (Å²) >= 11 is 0. The van der Waals surface area contributed by atoms with Gasteiger partial charge in [-0.25, -0.2) is 4.79 Å². The Morgan fingerprint density at radius 2 is 1.90 bits per heavy atom. The maximum Gasteiger partial charge on any atom is 0.352 e. The molecule has 31 heavy (non-hydrogen) atoms. The Labute approximate surface area is 182 Å². The topological polar surface area (TPSA) is 78.3 Å². The second kappa shape index (κ2) is 10.1. The fourth-order valence-corrected chi connectivity index (χ4v) is 3.82. The van der Waals surface area contributed by atoms with Crippen molar-refractivity contribution in [3.63, 3.8) is 0 Å². The predicted octanol–water partition coefficient (Wildman–Crippen LogP) is 0.905. The number of benzene rings is 1. The molecule has 9 nitrogen and oxygen atoms in total. The summed E-state index contributed by atoms with van der Waals surface area (Å²) in [6.07, 6.45) is -0.135. The van der Waals surface area contributed by atoms with E-state index in [9.17, 15) is 4.79 Å². The van der Waals surface area contributed by atoms with E-state index in [2.05, 4.69) is 26.9 Å². The highest BCUT2D eigenvalue weighted by Gasteiger charge is 2.21.